The highest BCUT2D eigenvalue weighted by atomic mass is 16.4. The van der Waals surface area contributed by atoms with Gasteiger partial charge in [-0.2, -0.15) is 0 Å². The van der Waals surface area contributed by atoms with E-state index in [0.717, 1.165) is 5.56 Å². The Hall–Kier alpha value is -1.35. The third-order valence-electron chi connectivity index (χ3n) is 2.25. The largest absolute Gasteiger partial charge is 0.481 e. The third-order valence-corrected chi connectivity index (χ3v) is 2.25. The summed E-state index contributed by atoms with van der Waals surface area (Å²) in [5.74, 6) is -0.880. The van der Waals surface area contributed by atoms with Gasteiger partial charge in [-0.25, -0.2) is 0 Å². The van der Waals surface area contributed by atoms with E-state index in [-0.39, 0.29) is 12.3 Å². The van der Waals surface area contributed by atoms with Crippen molar-refractivity contribution in [2.75, 3.05) is 6.54 Å². The SMILES string of the molecule is Cc1ccc(C(CN)CC(=O)O)cc1. The number of benzene rings is 1. The van der Waals surface area contributed by atoms with Gasteiger partial charge in [0.15, 0.2) is 0 Å². The minimum absolute atomic E-state index is 0.0758. The van der Waals surface area contributed by atoms with Crippen LogP contribution in [-0.2, 0) is 4.79 Å². The number of aliphatic carboxylic acids is 1. The molecule has 0 amide bonds. The van der Waals surface area contributed by atoms with Crippen molar-refractivity contribution < 1.29 is 9.90 Å². The molecule has 0 fully saturated rings. The van der Waals surface area contributed by atoms with Crippen LogP contribution in [0.1, 0.15) is 23.5 Å². The van der Waals surface area contributed by atoms with Gasteiger partial charge in [-0.05, 0) is 19.0 Å². The van der Waals surface area contributed by atoms with Crippen LogP contribution in [0, 0.1) is 6.92 Å². The van der Waals surface area contributed by atoms with Crippen LogP contribution in [0.3, 0.4) is 0 Å². The molecule has 0 aliphatic rings. The Balaban J connectivity index is 2.78. The molecule has 1 rings (SSSR count). The molecule has 76 valence electrons. The summed E-state index contributed by atoms with van der Waals surface area (Å²) in [4.78, 5) is 10.6. The highest BCUT2D eigenvalue weighted by molar-refractivity contribution is 5.68. The lowest BCUT2D eigenvalue weighted by Crippen LogP contribution is -2.16. The molecular formula is C11H15NO2. The van der Waals surface area contributed by atoms with E-state index in [4.69, 9.17) is 10.8 Å². The first-order valence-electron chi connectivity index (χ1n) is 4.62. The molecular weight excluding hydrogens is 178 g/mol. The van der Waals surface area contributed by atoms with Gasteiger partial charge in [-0.3, -0.25) is 4.79 Å². The minimum atomic E-state index is -0.805. The average molecular weight is 193 g/mol. The van der Waals surface area contributed by atoms with E-state index in [2.05, 4.69) is 0 Å². The number of carbonyl (C=O) groups is 1. The molecule has 0 aliphatic carbocycles. The lowest BCUT2D eigenvalue weighted by atomic mass is 9.95. The lowest BCUT2D eigenvalue weighted by Gasteiger charge is -2.12. The van der Waals surface area contributed by atoms with Crippen molar-refractivity contribution in [3.05, 3.63) is 35.4 Å². The Morgan fingerprint density at radius 2 is 2.00 bits per heavy atom. The summed E-state index contributed by atoms with van der Waals surface area (Å²) in [6.45, 7) is 2.37. The van der Waals surface area contributed by atoms with Gasteiger partial charge >= 0.3 is 5.97 Å². The summed E-state index contributed by atoms with van der Waals surface area (Å²) in [5.41, 5.74) is 7.69. The summed E-state index contributed by atoms with van der Waals surface area (Å²) < 4.78 is 0. The zero-order chi connectivity index (χ0) is 10.6. The van der Waals surface area contributed by atoms with Gasteiger partial charge < -0.3 is 10.8 Å². The number of hydrogen-bond acceptors (Lipinski definition) is 2. The van der Waals surface area contributed by atoms with Gasteiger partial charge in [0.2, 0.25) is 0 Å². The monoisotopic (exact) mass is 193 g/mol. The van der Waals surface area contributed by atoms with Crippen molar-refractivity contribution in [3.8, 4) is 0 Å². The standard InChI is InChI=1S/C11H15NO2/c1-8-2-4-9(5-3-8)10(7-12)6-11(13)14/h2-5,10H,6-7,12H2,1H3,(H,13,14). The minimum Gasteiger partial charge on any atom is -0.481 e. The molecule has 3 nitrogen and oxygen atoms in total. The van der Waals surface area contributed by atoms with Crippen LogP contribution in [0.25, 0.3) is 0 Å². The fourth-order valence-electron chi connectivity index (χ4n) is 1.39. The molecule has 0 heterocycles. The predicted molar refractivity (Wildman–Crippen MR) is 55.2 cm³/mol. The highest BCUT2D eigenvalue weighted by Gasteiger charge is 2.13. The number of carboxylic acid groups (broad SMARTS) is 1. The van der Waals surface area contributed by atoms with Gasteiger partial charge in [0.1, 0.15) is 0 Å². The van der Waals surface area contributed by atoms with E-state index >= 15 is 0 Å². The van der Waals surface area contributed by atoms with E-state index in [1.807, 2.05) is 31.2 Å². The van der Waals surface area contributed by atoms with Gasteiger partial charge in [-0.15, -0.1) is 0 Å². The topological polar surface area (TPSA) is 63.3 Å². The number of aryl methyl sites for hydroxylation is 1. The fourth-order valence-corrected chi connectivity index (χ4v) is 1.39. The maximum Gasteiger partial charge on any atom is 0.304 e. The van der Waals surface area contributed by atoms with E-state index in [1.54, 1.807) is 0 Å². The molecule has 3 heteroatoms. The second-order valence-electron chi connectivity index (χ2n) is 3.44. The van der Waals surface area contributed by atoms with Crippen molar-refractivity contribution in [2.24, 2.45) is 5.73 Å². The van der Waals surface area contributed by atoms with Gasteiger partial charge in [-0.1, -0.05) is 29.8 Å². The molecule has 1 aromatic carbocycles. The summed E-state index contributed by atoms with van der Waals surface area (Å²) >= 11 is 0. The first kappa shape index (κ1) is 10.7. The summed E-state index contributed by atoms with van der Waals surface area (Å²) in [7, 11) is 0. The first-order chi connectivity index (χ1) is 6.63. The van der Waals surface area contributed by atoms with Crippen LogP contribution >= 0.6 is 0 Å². The number of hydrogen-bond donors (Lipinski definition) is 2. The molecule has 3 N–H and O–H groups in total. The zero-order valence-electron chi connectivity index (χ0n) is 8.23. The molecule has 0 aliphatic heterocycles. The number of nitrogens with two attached hydrogens (primary N) is 1. The molecule has 1 unspecified atom stereocenters. The molecule has 1 aromatic rings. The number of rotatable bonds is 4. The molecule has 0 saturated heterocycles. The van der Waals surface area contributed by atoms with Crippen LogP contribution in [0.5, 0.6) is 0 Å². The third kappa shape index (κ3) is 2.85. The van der Waals surface area contributed by atoms with E-state index in [1.165, 1.54) is 5.56 Å². The van der Waals surface area contributed by atoms with Crippen LogP contribution in [0.15, 0.2) is 24.3 Å². The Morgan fingerprint density at radius 1 is 1.43 bits per heavy atom. The van der Waals surface area contributed by atoms with Crippen molar-refractivity contribution in [3.63, 3.8) is 0 Å². The summed E-state index contributed by atoms with van der Waals surface area (Å²) in [6, 6.07) is 7.82. The Bertz CT molecular complexity index is 306. The molecule has 14 heavy (non-hydrogen) atoms. The van der Waals surface area contributed by atoms with Crippen LogP contribution in [-0.4, -0.2) is 17.6 Å². The highest BCUT2D eigenvalue weighted by Crippen LogP contribution is 2.18. The number of carboxylic acids is 1. The van der Waals surface area contributed by atoms with E-state index in [0.29, 0.717) is 6.54 Å². The fraction of sp³-hybridized carbons (Fsp3) is 0.364. The Labute approximate surface area is 83.6 Å². The van der Waals surface area contributed by atoms with E-state index in [9.17, 15) is 4.79 Å². The second kappa shape index (κ2) is 4.77. The Kier molecular flexibility index (Phi) is 3.65. The summed E-state index contributed by atoms with van der Waals surface area (Å²) in [5, 5.41) is 8.68. The van der Waals surface area contributed by atoms with E-state index < -0.39 is 5.97 Å². The van der Waals surface area contributed by atoms with Crippen molar-refractivity contribution in [1.29, 1.82) is 0 Å². The van der Waals surface area contributed by atoms with Gasteiger partial charge in [0.25, 0.3) is 0 Å². The molecule has 0 radical (unpaired) electrons. The molecule has 0 saturated carbocycles. The molecule has 0 aromatic heterocycles. The molecule has 0 spiro atoms. The molecule has 1 atom stereocenters. The van der Waals surface area contributed by atoms with Crippen molar-refractivity contribution in [1.82, 2.24) is 0 Å². The van der Waals surface area contributed by atoms with Crippen LogP contribution in [0.4, 0.5) is 0 Å². The lowest BCUT2D eigenvalue weighted by molar-refractivity contribution is -0.137. The van der Waals surface area contributed by atoms with Crippen molar-refractivity contribution in [2.45, 2.75) is 19.3 Å². The zero-order valence-corrected chi connectivity index (χ0v) is 8.23. The quantitative estimate of drug-likeness (QED) is 0.761. The average Bonchev–Trinajstić information content (AvgIpc) is 2.15. The normalized spacial score (nSPS) is 12.4. The van der Waals surface area contributed by atoms with Gasteiger partial charge in [0, 0.05) is 5.92 Å². The van der Waals surface area contributed by atoms with Crippen molar-refractivity contribution >= 4 is 5.97 Å². The maximum absolute atomic E-state index is 10.6. The molecule has 0 bridgehead atoms. The Morgan fingerprint density at radius 3 is 2.43 bits per heavy atom. The summed E-state index contributed by atoms with van der Waals surface area (Å²) in [6.07, 6.45) is 0.0968. The van der Waals surface area contributed by atoms with Gasteiger partial charge in [0.05, 0.1) is 6.42 Å². The smallest absolute Gasteiger partial charge is 0.304 e. The predicted octanol–water partition coefficient (Wildman–Crippen LogP) is 1.51. The van der Waals surface area contributed by atoms with Crippen LogP contribution < -0.4 is 5.73 Å². The maximum atomic E-state index is 10.6. The van der Waals surface area contributed by atoms with Crippen LogP contribution in [0.2, 0.25) is 0 Å². The first-order valence-corrected chi connectivity index (χ1v) is 4.62. The second-order valence-corrected chi connectivity index (χ2v) is 3.44.